The molecule has 0 heterocycles. The van der Waals surface area contributed by atoms with Crippen LogP contribution in [0.3, 0.4) is 0 Å². The van der Waals surface area contributed by atoms with Crippen molar-refractivity contribution < 1.29 is 18.4 Å². The highest BCUT2D eigenvalue weighted by molar-refractivity contribution is 7.00. The third-order valence-corrected chi connectivity index (χ3v) is 17.6. The van der Waals surface area contributed by atoms with Crippen LogP contribution in [0, 0.1) is 0 Å². The summed E-state index contributed by atoms with van der Waals surface area (Å²) in [6, 6.07) is 34.9. The van der Waals surface area contributed by atoms with Gasteiger partial charge in [0.2, 0.25) is 0 Å². The van der Waals surface area contributed by atoms with Crippen LogP contribution >= 0.6 is 0 Å². The molecule has 42 heavy (non-hydrogen) atoms. The summed E-state index contributed by atoms with van der Waals surface area (Å²) in [5.74, 6) is -0.778. The largest absolute Gasteiger partial charge is 0.516 e. The lowest BCUT2D eigenvalue weighted by molar-refractivity contribution is 0.0704. The maximum atomic E-state index is 14.4. The van der Waals surface area contributed by atoms with Crippen molar-refractivity contribution in [3.63, 3.8) is 0 Å². The first-order valence-corrected chi connectivity index (χ1v) is 19.3. The van der Waals surface area contributed by atoms with Gasteiger partial charge in [0.25, 0.3) is 8.32 Å². The molecule has 0 radical (unpaired) electrons. The first kappa shape index (κ1) is 31.2. The standard InChI is InChI=1S/C36H42O4Si2/c1-35(2,3)41(7,8)39-33(37)31-25-17-15-23-29(31)30-24-16-18-26-32(30)34(38)40-42(36(4,5)6,27-19-11-9-12-20-27)28-21-13-10-14-22-28/h9-26H,1-8H3. The third kappa shape index (κ3) is 6.06. The lowest BCUT2D eigenvalue weighted by atomic mass is 9.95. The third-order valence-electron chi connectivity index (χ3n) is 8.40. The van der Waals surface area contributed by atoms with E-state index in [-0.39, 0.29) is 16.0 Å². The first-order valence-electron chi connectivity index (χ1n) is 14.5. The fourth-order valence-electron chi connectivity index (χ4n) is 5.08. The number of hydrogen-bond acceptors (Lipinski definition) is 4. The summed E-state index contributed by atoms with van der Waals surface area (Å²) in [5, 5.41) is 1.54. The molecular formula is C36H42O4Si2. The van der Waals surface area contributed by atoms with Crippen LogP contribution in [0.2, 0.25) is 23.2 Å². The van der Waals surface area contributed by atoms with Crippen molar-refractivity contribution in [1.82, 2.24) is 0 Å². The van der Waals surface area contributed by atoms with E-state index in [9.17, 15) is 9.59 Å². The van der Waals surface area contributed by atoms with E-state index >= 15 is 0 Å². The van der Waals surface area contributed by atoms with Gasteiger partial charge < -0.3 is 8.85 Å². The van der Waals surface area contributed by atoms with E-state index in [1.54, 1.807) is 12.1 Å². The normalized spacial score (nSPS) is 12.5. The highest BCUT2D eigenvalue weighted by Gasteiger charge is 2.53. The molecule has 0 bridgehead atoms. The molecule has 0 aliphatic rings. The molecule has 4 nitrogen and oxygen atoms in total. The van der Waals surface area contributed by atoms with Crippen LogP contribution in [-0.4, -0.2) is 28.6 Å². The van der Waals surface area contributed by atoms with Crippen molar-refractivity contribution in [2.75, 3.05) is 0 Å². The molecule has 0 aliphatic heterocycles. The van der Waals surface area contributed by atoms with Gasteiger partial charge in [-0.05, 0) is 56.8 Å². The minimum atomic E-state index is -3.14. The van der Waals surface area contributed by atoms with E-state index in [0.717, 1.165) is 10.4 Å². The first-order chi connectivity index (χ1) is 19.7. The minimum Gasteiger partial charge on any atom is -0.516 e. The van der Waals surface area contributed by atoms with Crippen molar-refractivity contribution >= 4 is 38.9 Å². The molecule has 0 spiro atoms. The Balaban J connectivity index is 1.84. The summed E-state index contributed by atoms with van der Waals surface area (Å²) < 4.78 is 13.0. The van der Waals surface area contributed by atoms with Crippen LogP contribution in [0.5, 0.6) is 0 Å². The molecule has 218 valence electrons. The predicted octanol–water partition coefficient (Wildman–Crippen LogP) is 8.23. The van der Waals surface area contributed by atoms with Gasteiger partial charge >= 0.3 is 20.3 Å². The molecule has 0 aliphatic carbocycles. The monoisotopic (exact) mass is 594 g/mol. The quantitative estimate of drug-likeness (QED) is 0.202. The zero-order chi connectivity index (χ0) is 30.8. The van der Waals surface area contributed by atoms with Crippen molar-refractivity contribution in [3.8, 4) is 11.1 Å². The van der Waals surface area contributed by atoms with E-state index in [4.69, 9.17) is 8.85 Å². The topological polar surface area (TPSA) is 52.6 Å². The minimum absolute atomic E-state index is 0.130. The Labute approximate surface area is 253 Å². The van der Waals surface area contributed by atoms with Gasteiger partial charge in [-0.3, -0.25) is 0 Å². The van der Waals surface area contributed by atoms with Gasteiger partial charge in [-0.25, -0.2) is 9.59 Å². The Bertz CT molecular complexity index is 1510. The number of rotatable bonds is 7. The molecule has 6 heteroatoms. The van der Waals surface area contributed by atoms with Crippen LogP contribution in [-0.2, 0) is 8.85 Å². The summed E-state index contributed by atoms with van der Waals surface area (Å²) in [6.45, 7) is 16.9. The number of carbonyl (C=O) groups excluding carboxylic acids is 2. The Morgan fingerprint density at radius 2 is 0.857 bits per heavy atom. The van der Waals surface area contributed by atoms with Crippen LogP contribution in [0.15, 0.2) is 109 Å². The van der Waals surface area contributed by atoms with Gasteiger partial charge in [0, 0.05) is 0 Å². The lowest BCUT2D eigenvalue weighted by Crippen LogP contribution is -2.67. The molecule has 0 unspecified atom stereocenters. The van der Waals surface area contributed by atoms with E-state index in [1.807, 2.05) is 72.8 Å². The second kappa shape index (κ2) is 11.9. The van der Waals surface area contributed by atoms with Crippen LogP contribution in [0.25, 0.3) is 11.1 Å². The maximum absolute atomic E-state index is 14.4. The Kier molecular flexibility index (Phi) is 8.81. The van der Waals surface area contributed by atoms with E-state index in [0.29, 0.717) is 22.3 Å². The van der Waals surface area contributed by atoms with Crippen LogP contribution in [0.1, 0.15) is 62.3 Å². The molecule has 4 aromatic rings. The summed E-state index contributed by atoms with van der Waals surface area (Å²) in [5.41, 5.74) is 2.14. The molecule has 0 saturated heterocycles. The van der Waals surface area contributed by atoms with Gasteiger partial charge in [0.05, 0.1) is 11.1 Å². The maximum Gasteiger partial charge on any atom is 0.325 e. The Hall–Kier alpha value is -3.75. The average molecular weight is 595 g/mol. The molecule has 0 saturated carbocycles. The average Bonchev–Trinajstić information content (AvgIpc) is 2.95. The highest BCUT2D eigenvalue weighted by Crippen LogP contribution is 2.40. The molecule has 0 amide bonds. The highest BCUT2D eigenvalue weighted by atomic mass is 28.4. The van der Waals surface area contributed by atoms with Crippen molar-refractivity contribution in [2.24, 2.45) is 0 Å². The van der Waals surface area contributed by atoms with E-state index in [2.05, 4.69) is 78.9 Å². The number of carbonyl (C=O) groups is 2. The van der Waals surface area contributed by atoms with Crippen LogP contribution < -0.4 is 10.4 Å². The summed E-state index contributed by atoms with van der Waals surface area (Å²) >= 11 is 0. The summed E-state index contributed by atoms with van der Waals surface area (Å²) in [4.78, 5) is 28.0. The molecule has 0 atom stereocenters. The van der Waals surface area contributed by atoms with Gasteiger partial charge in [0.15, 0.2) is 0 Å². The fourth-order valence-corrected chi connectivity index (χ4v) is 10.3. The molecule has 4 aromatic carbocycles. The molecule has 0 aromatic heterocycles. The molecular weight excluding hydrogens is 553 g/mol. The molecule has 4 rings (SSSR count). The smallest absolute Gasteiger partial charge is 0.325 e. The van der Waals surface area contributed by atoms with Gasteiger partial charge in [0.1, 0.15) is 0 Å². The van der Waals surface area contributed by atoms with Crippen molar-refractivity contribution in [1.29, 1.82) is 0 Å². The summed E-state index contributed by atoms with van der Waals surface area (Å²) in [7, 11) is -5.52. The number of benzene rings is 4. The van der Waals surface area contributed by atoms with E-state index in [1.165, 1.54) is 0 Å². The second-order valence-electron chi connectivity index (χ2n) is 13.3. The fraction of sp³-hybridized carbons (Fsp3) is 0.278. The van der Waals surface area contributed by atoms with Crippen LogP contribution in [0.4, 0.5) is 0 Å². The zero-order valence-electron chi connectivity index (χ0n) is 26.0. The summed E-state index contributed by atoms with van der Waals surface area (Å²) in [6.07, 6.45) is 0. The second-order valence-corrected chi connectivity index (χ2v) is 22.2. The Morgan fingerprint density at radius 3 is 1.24 bits per heavy atom. The predicted molar refractivity (Wildman–Crippen MR) is 178 cm³/mol. The SMILES string of the molecule is CC(C)(C)[Si](C)(C)OC(=O)c1ccccc1-c1ccccc1C(=O)O[Si](c1ccccc1)(c1ccccc1)C(C)(C)C. The lowest BCUT2D eigenvalue weighted by Gasteiger charge is -2.42. The van der Waals surface area contributed by atoms with Gasteiger partial charge in [-0.15, -0.1) is 0 Å². The zero-order valence-corrected chi connectivity index (χ0v) is 28.0. The molecule has 0 fully saturated rings. The molecule has 0 N–H and O–H groups in total. The Morgan fingerprint density at radius 1 is 0.500 bits per heavy atom. The van der Waals surface area contributed by atoms with Crippen molar-refractivity contribution in [3.05, 3.63) is 120 Å². The van der Waals surface area contributed by atoms with Crippen molar-refractivity contribution in [2.45, 2.75) is 64.7 Å². The number of hydrogen-bond donors (Lipinski definition) is 0. The van der Waals surface area contributed by atoms with Gasteiger partial charge in [-0.2, -0.15) is 0 Å². The van der Waals surface area contributed by atoms with Gasteiger partial charge in [-0.1, -0.05) is 139 Å². The van der Waals surface area contributed by atoms with E-state index < -0.39 is 22.6 Å².